The fourth-order valence-electron chi connectivity index (χ4n) is 2.80. The summed E-state index contributed by atoms with van der Waals surface area (Å²) in [5.74, 6) is 0.377. The Bertz CT molecular complexity index is 882. The molecule has 3 rings (SSSR count). The Morgan fingerprint density at radius 1 is 1.00 bits per heavy atom. The first-order chi connectivity index (χ1) is 13.2. The summed E-state index contributed by atoms with van der Waals surface area (Å²) in [6, 6.07) is 24.8. The van der Waals surface area contributed by atoms with Gasteiger partial charge in [-0.05, 0) is 24.1 Å². The lowest BCUT2D eigenvalue weighted by molar-refractivity contribution is 0.882. The second-order valence-electron chi connectivity index (χ2n) is 6.57. The minimum atomic E-state index is 0.377. The van der Waals surface area contributed by atoms with Crippen molar-refractivity contribution in [3.63, 3.8) is 0 Å². The molecular formula is C24H25N3. The van der Waals surface area contributed by atoms with E-state index in [1.54, 1.807) is 6.34 Å². The molecule has 1 N–H and O–H groups in total. The Balaban J connectivity index is 1.50. The molecule has 3 heteroatoms. The third-order valence-electron chi connectivity index (χ3n) is 4.63. The summed E-state index contributed by atoms with van der Waals surface area (Å²) in [5.41, 5.74) is 5.78. The van der Waals surface area contributed by atoms with Gasteiger partial charge in [-0.15, -0.1) is 0 Å². The van der Waals surface area contributed by atoms with Crippen LogP contribution in [0.1, 0.15) is 30.9 Å². The van der Waals surface area contributed by atoms with E-state index in [9.17, 15) is 0 Å². The zero-order valence-electron chi connectivity index (χ0n) is 15.8. The highest BCUT2D eigenvalue weighted by Crippen LogP contribution is 2.22. The highest BCUT2D eigenvalue weighted by atomic mass is 14.9. The fraction of sp³-hybridized carbons (Fsp3) is 0.167. The maximum absolute atomic E-state index is 4.53. The van der Waals surface area contributed by atoms with E-state index >= 15 is 0 Å². The van der Waals surface area contributed by atoms with E-state index < -0.39 is 0 Å². The number of allylic oxidation sites excluding steroid dienone is 1. The van der Waals surface area contributed by atoms with Gasteiger partial charge >= 0.3 is 0 Å². The van der Waals surface area contributed by atoms with Crippen molar-refractivity contribution in [2.45, 2.75) is 26.3 Å². The van der Waals surface area contributed by atoms with Crippen LogP contribution in [0.25, 0.3) is 11.3 Å². The van der Waals surface area contributed by atoms with Crippen molar-refractivity contribution in [1.82, 2.24) is 10.3 Å². The molecule has 0 radical (unpaired) electrons. The highest BCUT2D eigenvalue weighted by Gasteiger charge is 2.05. The SMILES string of the molecule is C/C(=C\NC=NCc1ccc(-c2ccccc2)nc1)C(C)c1ccccc1. The Morgan fingerprint density at radius 3 is 2.37 bits per heavy atom. The molecular weight excluding hydrogens is 330 g/mol. The molecule has 3 nitrogen and oxygen atoms in total. The van der Waals surface area contributed by atoms with E-state index in [0.717, 1.165) is 16.8 Å². The van der Waals surface area contributed by atoms with Gasteiger partial charge in [0.1, 0.15) is 0 Å². The van der Waals surface area contributed by atoms with Gasteiger partial charge in [0.25, 0.3) is 0 Å². The van der Waals surface area contributed by atoms with Gasteiger partial charge in [-0.2, -0.15) is 0 Å². The lowest BCUT2D eigenvalue weighted by Gasteiger charge is -2.12. The largest absolute Gasteiger partial charge is 0.353 e. The molecule has 0 amide bonds. The van der Waals surface area contributed by atoms with Gasteiger partial charge in [0.2, 0.25) is 0 Å². The Kier molecular flexibility index (Phi) is 6.53. The number of pyridine rings is 1. The molecule has 0 aliphatic rings. The van der Waals surface area contributed by atoms with E-state index in [0.29, 0.717) is 12.5 Å². The molecule has 0 saturated heterocycles. The van der Waals surface area contributed by atoms with Gasteiger partial charge in [-0.3, -0.25) is 9.98 Å². The monoisotopic (exact) mass is 355 g/mol. The topological polar surface area (TPSA) is 37.3 Å². The Morgan fingerprint density at radius 2 is 1.70 bits per heavy atom. The highest BCUT2D eigenvalue weighted by molar-refractivity contribution is 5.59. The molecule has 0 fully saturated rings. The third kappa shape index (κ3) is 5.38. The van der Waals surface area contributed by atoms with Crippen LogP contribution in [-0.2, 0) is 6.54 Å². The maximum atomic E-state index is 4.53. The van der Waals surface area contributed by atoms with Gasteiger partial charge in [0, 0.05) is 23.9 Å². The molecule has 3 aromatic rings. The van der Waals surface area contributed by atoms with Crippen LogP contribution >= 0.6 is 0 Å². The summed E-state index contributed by atoms with van der Waals surface area (Å²) < 4.78 is 0. The van der Waals surface area contributed by atoms with Crippen molar-refractivity contribution in [2.75, 3.05) is 0 Å². The molecule has 1 heterocycles. The number of nitrogens with one attached hydrogen (secondary N) is 1. The van der Waals surface area contributed by atoms with E-state index in [1.807, 2.05) is 42.7 Å². The van der Waals surface area contributed by atoms with Crippen LogP contribution in [0.3, 0.4) is 0 Å². The quantitative estimate of drug-likeness (QED) is 0.444. The van der Waals surface area contributed by atoms with Crippen LogP contribution in [0.5, 0.6) is 0 Å². The molecule has 1 atom stereocenters. The van der Waals surface area contributed by atoms with Crippen molar-refractivity contribution in [1.29, 1.82) is 0 Å². The minimum absolute atomic E-state index is 0.377. The van der Waals surface area contributed by atoms with Crippen molar-refractivity contribution < 1.29 is 0 Å². The average Bonchev–Trinajstić information content (AvgIpc) is 2.74. The van der Waals surface area contributed by atoms with Crippen LogP contribution in [0, 0.1) is 0 Å². The second kappa shape index (κ2) is 9.48. The predicted molar refractivity (Wildman–Crippen MR) is 114 cm³/mol. The number of nitrogens with zero attached hydrogens (tertiary/aromatic N) is 2. The number of rotatable bonds is 7. The van der Waals surface area contributed by atoms with E-state index in [4.69, 9.17) is 0 Å². The number of aliphatic imine (C=N–C) groups is 1. The summed E-state index contributed by atoms with van der Waals surface area (Å²) in [6.07, 6.45) is 5.64. The van der Waals surface area contributed by atoms with Crippen molar-refractivity contribution >= 4 is 6.34 Å². The zero-order valence-corrected chi connectivity index (χ0v) is 15.8. The standard InChI is InChI=1S/C24H25N3/c1-19(20(2)22-9-5-3-6-10-22)15-25-18-26-16-21-13-14-24(27-17-21)23-11-7-4-8-12-23/h3-15,17-18,20H,16H2,1-2H3,(H,25,26)/b19-15+. The van der Waals surface area contributed by atoms with Gasteiger partial charge in [-0.1, -0.05) is 79.2 Å². The Hall–Kier alpha value is -3.20. The number of benzene rings is 2. The van der Waals surface area contributed by atoms with Gasteiger partial charge in [-0.25, -0.2) is 0 Å². The van der Waals surface area contributed by atoms with Gasteiger partial charge in [0.05, 0.1) is 18.6 Å². The minimum Gasteiger partial charge on any atom is -0.353 e. The first kappa shape index (κ1) is 18.6. The molecule has 0 aliphatic heterocycles. The predicted octanol–water partition coefficient (Wildman–Crippen LogP) is 5.57. The molecule has 27 heavy (non-hydrogen) atoms. The molecule has 0 spiro atoms. The maximum Gasteiger partial charge on any atom is 0.0867 e. The van der Waals surface area contributed by atoms with E-state index in [2.05, 4.69) is 71.6 Å². The third-order valence-corrected chi connectivity index (χ3v) is 4.63. The second-order valence-corrected chi connectivity index (χ2v) is 6.57. The average molecular weight is 355 g/mol. The molecule has 0 bridgehead atoms. The molecule has 1 unspecified atom stereocenters. The normalized spacial score (nSPS) is 12.9. The summed E-state index contributed by atoms with van der Waals surface area (Å²) >= 11 is 0. The molecule has 0 aliphatic carbocycles. The number of hydrogen-bond acceptors (Lipinski definition) is 2. The molecule has 1 aromatic heterocycles. The van der Waals surface area contributed by atoms with E-state index in [1.165, 1.54) is 11.1 Å². The smallest absolute Gasteiger partial charge is 0.0867 e. The molecule has 2 aromatic carbocycles. The summed E-state index contributed by atoms with van der Waals surface area (Å²) in [6.45, 7) is 4.95. The van der Waals surface area contributed by atoms with Crippen molar-refractivity contribution in [2.24, 2.45) is 4.99 Å². The van der Waals surface area contributed by atoms with Crippen LogP contribution in [0.15, 0.2) is 95.8 Å². The first-order valence-corrected chi connectivity index (χ1v) is 9.20. The number of aromatic nitrogens is 1. The first-order valence-electron chi connectivity index (χ1n) is 9.20. The van der Waals surface area contributed by atoms with Crippen molar-refractivity contribution in [3.8, 4) is 11.3 Å². The summed E-state index contributed by atoms with van der Waals surface area (Å²) in [5, 5.41) is 3.17. The van der Waals surface area contributed by atoms with Crippen LogP contribution < -0.4 is 5.32 Å². The van der Waals surface area contributed by atoms with E-state index in [-0.39, 0.29) is 0 Å². The van der Waals surface area contributed by atoms with Gasteiger partial charge < -0.3 is 5.32 Å². The lowest BCUT2D eigenvalue weighted by atomic mass is 9.95. The number of hydrogen-bond donors (Lipinski definition) is 1. The molecule has 0 saturated carbocycles. The summed E-state index contributed by atoms with van der Waals surface area (Å²) in [7, 11) is 0. The lowest BCUT2D eigenvalue weighted by Crippen LogP contribution is -2.05. The van der Waals surface area contributed by atoms with Crippen LogP contribution in [-0.4, -0.2) is 11.3 Å². The van der Waals surface area contributed by atoms with Crippen molar-refractivity contribution in [3.05, 3.63) is 102 Å². The van der Waals surface area contributed by atoms with Crippen LogP contribution in [0.4, 0.5) is 0 Å². The molecule has 136 valence electrons. The Labute approximate surface area is 161 Å². The van der Waals surface area contributed by atoms with Crippen LogP contribution in [0.2, 0.25) is 0 Å². The fourth-order valence-corrected chi connectivity index (χ4v) is 2.80. The summed E-state index contributed by atoms with van der Waals surface area (Å²) in [4.78, 5) is 8.95. The van der Waals surface area contributed by atoms with Gasteiger partial charge in [0.15, 0.2) is 0 Å². The zero-order chi connectivity index (χ0) is 18.9.